The molecular formula is C9H13N3O4. The summed E-state index contributed by atoms with van der Waals surface area (Å²) in [6.45, 7) is 2.05. The molecular weight excluding hydrogens is 214 g/mol. The first kappa shape index (κ1) is 12.2. The van der Waals surface area contributed by atoms with E-state index >= 15 is 0 Å². The highest BCUT2D eigenvalue weighted by molar-refractivity contribution is 5.71. The molecule has 0 N–H and O–H groups in total. The summed E-state index contributed by atoms with van der Waals surface area (Å²) in [5, 5.41) is 0. The van der Waals surface area contributed by atoms with Crippen LogP contribution in [0.15, 0.2) is 0 Å². The summed E-state index contributed by atoms with van der Waals surface area (Å²) < 4.78 is 14.5. The van der Waals surface area contributed by atoms with Crippen molar-refractivity contribution in [2.75, 3.05) is 20.8 Å². The van der Waals surface area contributed by atoms with Gasteiger partial charge in [0.15, 0.2) is 5.82 Å². The Morgan fingerprint density at radius 1 is 1.12 bits per heavy atom. The van der Waals surface area contributed by atoms with Gasteiger partial charge in [0.05, 0.1) is 20.8 Å². The second-order valence-corrected chi connectivity index (χ2v) is 2.71. The molecule has 0 aromatic carbocycles. The Hall–Kier alpha value is -1.92. The molecule has 0 saturated carbocycles. The van der Waals surface area contributed by atoms with Gasteiger partial charge in [-0.05, 0) is 6.92 Å². The number of aromatic nitrogens is 3. The molecule has 0 bridgehead atoms. The number of carbonyl (C=O) groups is 1. The summed E-state index contributed by atoms with van der Waals surface area (Å²) in [5.41, 5.74) is 0. The van der Waals surface area contributed by atoms with Crippen molar-refractivity contribution in [3.63, 3.8) is 0 Å². The molecule has 0 aliphatic carbocycles. The molecule has 7 heteroatoms. The fourth-order valence-corrected chi connectivity index (χ4v) is 0.980. The van der Waals surface area contributed by atoms with E-state index < -0.39 is 5.97 Å². The van der Waals surface area contributed by atoms with Crippen LogP contribution in [0.3, 0.4) is 0 Å². The SMILES string of the molecule is CCOC(=O)Cc1nc(OC)nc(OC)n1. The third-order valence-electron chi connectivity index (χ3n) is 1.61. The largest absolute Gasteiger partial charge is 0.467 e. The van der Waals surface area contributed by atoms with Crippen molar-refractivity contribution in [3.05, 3.63) is 5.82 Å². The van der Waals surface area contributed by atoms with Gasteiger partial charge in [0.2, 0.25) is 0 Å². The van der Waals surface area contributed by atoms with Crippen LogP contribution in [-0.4, -0.2) is 41.7 Å². The fourth-order valence-electron chi connectivity index (χ4n) is 0.980. The quantitative estimate of drug-likeness (QED) is 0.654. The average molecular weight is 227 g/mol. The van der Waals surface area contributed by atoms with E-state index in [0.717, 1.165) is 0 Å². The first-order chi connectivity index (χ1) is 7.69. The summed E-state index contributed by atoms with van der Waals surface area (Å²) in [4.78, 5) is 22.8. The average Bonchev–Trinajstić information content (AvgIpc) is 2.28. The van der Waals surface area contributed by atoms with E-state index in [9.17, 15) is 4.79 Å². The van der Waals surface area contributed by atoms with Gasteiger partial charge in [0, 0.05) is 0 Å². The van der Waals surface area contributed by atoms with Gasteiger partial charge in [0.25, 0.3) is 0 Å². The number of rotatable bonds is 5. The van der Waals surface area contributed by atoms with Crippen LogP contribution >= 0.6 is 0 Å². The molecule has 0 radical (unpaired) electrons. The predicted molar refractivity (Wildman–Crippen MR) is 53.3 cm³/mol. The Morgan fingerprint density at radius 3 is 2.12 bits per heavy atom. The van der Waals surface area contributed by atoms with Crippen molar-refractivity contribution in [2.24, 2.45) is 0 Å². The monoisotopic (exact) mass is 227 g/mol. The maximum absolute atomic E-state index is 11.2. The number of hydrogen-bond donors (Lipinski definition) is 0. The number of carbonyl (C=O) groups excluding carboxylic acids is 1. The Balaban J connectivity index is 2.82. The second kappa shape index (κ2) is 5.84. The Bertz CT molecular complexity index is 348. The van der Waals surface area contributed by atoms with E-state index in [1.807, 2.05) is 0 Å². The molecule has 1 rings (SSSR count). The second-order valence-electron chi connectivity index (χ2n) is 2.71. The van der Waals surface area contributed by atoms with Gasteiger partial charge in [-0.3, -0.25) is 4.79 Å². The maximum Gasteiger partial charge on any atom is 0.322 e. The molecule has 0 aliphatic heterocycles. The van der Waals surface area contributed by atoms with Crippen LogP contribution in [0.25, 0.3) is 0 Å². The molecule has 0 atom stereocenters. The maximum atomic E-state index is 11.2. The smallest absolute Gasteiger partial charge is 0.322 e. The number of hydrogen-bond acceptors (Lipinski definition) is 7. The fraction of sp³-hybridized carbons (Fsp3) is 0.556. The van der Waals surface area contributed by atoms with E-state index in [2.05, 4.69) is 15.0 Å². The highest BCUT2D eigenvalue weighted by atomic mass is 16.5. The molecule has 0 spiro atoms. The van der Waals surface area contributed by atoms with Gasteiger partial charge in [-0.25, -0.2) is 0 Å². The lowest BCUT2D eigenvalue weighted by Crippen LogP contribution is -2.12. The van der Waals surface area contributed by atoms with Crippen LogP contribution in [0.5, 0.6) is 12.0 Å². The van der Waals surface area contributed by atoms with Crippen molar-refractivity contribution >= 4 is 5.97 Å². The molecule has 7 nitrogen and oxygen atoms in total. The van der Waals surface area contributed by atoms with Crippen LogP contribution in [0.2, 0.25) is 0 Å². The molecule has 0 aliphatic rings. The Labute approximate surface area is 92.8 Å². The number of ether oxygens (including phenoxy) is 3. The summed E-state index contributed by atoms with van der Waals surface area (Å²) >= 11 is 0. The number of esters is 1. The van der Waals surface area contributed by atoms with Crippen molar-refractivity contribution < 1.29 is 19.0 Å². The molecule has 0 unspecified atom stereocenters. The van der Waals surface area contributed by atoms with Gasteiger partial charge in [-0.2, -0.15) is 9.97 Å². The van der Waals surface area contributed by atoms with E-state index in [0.29, 0.717) is 6.61 Å². The third kappa shape index (κ3) is 3.34. The van der Waals surface area contributed by atoms with Crippen molar-refractivity contribution in [2.45, 2.75) is 13.3 Å². The molecule has 1 aromatic heterocycles. The minimum atomic E-state index is -0.405. The minimum Gasteiger partial charge on any atom is -0.467 e. The standard InChI is InChI=1S/C9H13N3O4/c1-4-16-7(13)5-6-10-8(14-2)12-9(11-6)15-3/h4-5H2,1-3H3. The Morgan fingerprint density at radius 2 is 1.69 bits per heavy atom. The highest BCUT2D eigenvalue weighted by Crippen LogP contribution is 2.09. The van der Waals surface area contributed by atoms with Gasteiger partial charge in [-0.15, -0.1) is 4.98 Å². The van der Waals surface area contributed by atoms with E-state index in [1.165, 1.54) is 14.2 Å². The van der Waals surface area contributed by atoms with Crippen LogP contribution in [-0.2, 0) is 16.0 Å². The molecule has 0 amide bonds. The van der Waals surface area contributed by atoms with Gasteiger partial charge >= 0.3 is 18.0 Å². The zero-order chi connectivity index (χ0) is 12.0. The molecule has 0 saturated heterocycles. The number of methoxy groups -OCH3 is 2. The van der Waals surface area contributed by atoms with Gasteiger partial charge < -0.3 is 14.2 Å². The predicted octanol–water partition coefficient (Wildman–Crippen LogP) is -0.00560. The van der Waals surface area contributed by atoms with Crippen LogP contribution in [0.1, 0.15) is 12.7 Å². The normalized spacial score (nSPS) is 9.69. The molecule has 1 aromatic rings. The van der Waals surface area contributed by atoms with Crippen LogP contribution in [0, 0.1) is 0 Å². The summed E-state index contributed by atoms with van der Waals surface area (Å²) in [7, 11) is 2.84. The zero-order valence-electron chi connectivity index (χ0n) is 9.39. The van der Waals surface area contributed by atoms with Crippen molar-refractivity contribution in [1.29, 1.82) is 0 Å². The molecule has 0 fully saturated rings. The molecule has 88 valence electrons. The zero-order valence-corrected chi connectivity index (χ0v) is 9.39. The van der Waals surface area contributed by atoms with E-state index in [-0.39, 0.29) is 24.3 Å². The number of nitrogens with zero attached hydrogens (tertiary/aromatic N) is 3. The lowest BCUT2D eigenvalue weighted by atomic mass is 10.4. The first-order valence-corrected chi connectivity index (χ1v) is 4.68. The molecule has 1 heterocycles. The highest BCUT2D eigenvalue weighted by Gasteiger charge is 2.11. The van der Waals surface area contributed by atoms with E-state index in [4.69, 9.17) is 14.2 Å². The lowest BCUT2D eigenvalue weighted by Gasteiger charge is -2.04. The van der Waals surface area contributed by atoms with Crippen molar-refractivity contribution in [1.82, 2.24) is 15.0 Å². The first-order valence-electron chi connectivity index (χ1n) is 4.68. The van der Waals surface area contributed by atoms with Crippen molar-refractivity contribution in [3.8, 4) is 12.0 Å². The lowest BCUT2D eigenvalue weighted by molar-refractivity contribution is -0.142. The Kier molecular flexibility index (Phi) is 4.43. The molecule has 16 heavy (non-hydrogen) atoms. The van der Waals surface area contributed by atoms with Gasteiger partial charge in [0.1, 0.15) is 6.42 Å². The topological polar surface area (TPSA) is 83.4 Å². The van der Waals surface area contributed by atoms with Crippen LogP contribution < -0.4 is 9.47 Å². The van der Waals surface area contributed by atoms with Gasteiger partial charge in [-0.1, -0.05) is 0 Å². The van der Waals surface area contributed by atoms with Crippen LogP contribution in [0.4, 0.5) is 0 Å². The van der Waals surface area contributed by atoms with E-state index in [1.54, 1.807) is 6.92 Å². The third-order valence-corrected chi connectivity index (χ3v) is 1.61. The summed E-state index contributed by atoms with van der Waals surface area (Å²) in [6.07, 6.45) is -0.0386. The summed E-state index contributed by atoms with van der Waals surface area (Å²) in [5.74, 6) is -0.153. The summed E-state index contributed by atoms with van der Waals surface area (Å²) in [6, 6.07) is 0.206. The minimum absolute atomic E-state index is 0.0386.